The van der Waals surface area contributed by atoms with Gasteiger partial charge in [-0.25, -0.2) is 0 Å². The molecule has 0 saturated heterocycles. The van der Waals surface area contributed by atoms with Crippen molar-refractivity contribution < 1.29 is 0 Å². The van der Waals surface area contributed by atoms with Crippen molar-refractivity contribution in [3.63, 3.8) is 0 Å². The lowest BCUT2D eigenvalue weighted by atomic mass is 10.1. The molecule has 1 heterocycles. The summed E-state index contributed by atoms with van der Waals surface area (Å²) in [6, 6.07) is 6.14. The molecule has 2 N–H and O–H groups in total. The van der Waals surface area contributed by atoms with Crippen LogP contribution in [0, 0.1) is 6.92 Å². The second kappa shape index (κ2) is 3.70. The standard InChI is InChI=1S/C11H12BrN3/c1-7-3-4-8(12)5-9(7)11-10(13)6-14-15(11)2/h3-6H,13H2,1-2H3. The van der Waals surface area contributed by atoms with Crippen molar-refractivity contribution >= 4 is 21.6 Å². The van der Waals surface area contributed by atoms with Crippen LogP contribution in [-0.2, 0) is 7.05 Å². The maximum atomic E-state index is 5.89. The number of hydrogen-bond acceptors (Lipinski definition) is 2. The first-order chi connectivity index (χ1) is 7.09. The molecule has 0 saturated carbocycles. The largest absolute Gasteiger partial charge is 0.396 e. The first-order valence-corrected chi connectivity index (χ1v) is 5.43. The summed E-state index contributed by atoms with van der Waals surface area (Å²) >= 11 is 3.46. The van der Waals surface area contributed by atoms with E-state index in [2.05, 4.69) is 40.1 Å². The van der Waals surface area contributed by atoms with Gasteiger partial charge >= 0.3 is 0 Å². The molecule has 0 fully saturated rings. The molecular formula is C11H12BrN3. The monoisotopic (exact) mass is 265 g/mol. The van der Waals surface area contributed by atoms with Crippen LogP contribution < -0.4 is 5.73 Å². The van der Waals surface area contributed by atoms with E-state index in [9.17, 15) is 0 Å². The Morgan fingerprint density at radius 2 is 2.13 bits per heavy atom. The van der Waals surface area contributed by atoms with Crippen LogP contribution in [0.3, 0.4) is 0 Å². The van der Waals surface area contributed by atoms with E-state index in [1.54, 1.807) is 10.9 Å². The average Bonchev–Trinajstić information content (AvgIpc) is 2.51. The van der Waals surface area contributed by atoms with Crippen LogP contribution in [-0.4, -0.2) is 9.78 Å². The second-order valence-electron chi connectivity index (χ2n) is 3.53. The molecule has 0 bridgehead atoms. The zero-order valence-corrected chi connectivity index (χ0v) is 10.2. The summed E-state index contributed by atoms with van der Waals surface area (Å²) in [7, 11) is 1.89. The van der Waals surface area contributed by atoms with Crippen LogP contribution >= 0.6 is 15.9 Å². The minimum absolute atomic E-state index is 0.707. The average molecular weight is 266 g/mol. The highest BCUT2D eigenvalue weighted by molar-refractivity contribution is 9.10. The van der Waals surface area contributed by atoms with Gasteiger partial charge in [0.05, 0.1) is 17.6 Å². The summed E-state index contributed by atoms with van der Waals surface area (Å²) in [6.45, 7) is 2.06. The Morgan fingerprint density at radius 1 is 1.40 bits per heavy atom. The summed E-state index contributed by atoms with van der Waals surface area (Å²) in [4.78, 5) is 0. The molecule has 4 heteroatoms. The third-order valence-electron chi connectivity index (χ3n) is 2.42. The van der Waals surface area contributed by atoms with Crippen LogP contribution in [0.15, 0.2) is 28.9 Å². The van der Waals surface area contributed by atoms with Gasteiger partial charge < -0.3 is 5.73 Å². The zero-order chi connectivity index (χ0) is 11.0. The molecule has 2 rings (SSSR count). The van der Waals surface area contributed by atoms with Gasteiger partial charge in [0.1, 0.15) is 0 Å². The summed E-state index contributed by atoms with van der Waals surface area (Å²) in [5.74, 6) is 0. The smallest absolute Gasteiger partial charge is 0.0911 e. The lowest BCUT2D eigenvalue weighted by Crippen LogP contribution is -1.97. The van der Waals surface area contributed by atoms with Gasteiger partial charge in [0.25, 0.3) is 0 Å². The summed E-state index contributed by atoms with van der Waals surface area (Å²) in [6.07, 6.45) is 1.68. The molecule has 1 aromatic heterocycles. The summed E-state index contributed by atoms with van der Waals surface area (Å²) in [5, 5.41) is 4.14. The van der Waals surface area contributed by atoms with Crippen molar-refractivity contribution in [3.8, 4) is 11.3 Å². The number of anilines is 1. The van der Waals surface area contributed by atoms with E-state index in [1.807, 2.05) is 13.1 Å². The molecule has 0 atom stereocenters. The fourth-order valence-electron chi connectivity index (χ4n) is 1.63. The van der Waals surface area contributed by atoms with Crippen LogP contribution in [0.25, 0.3) is 11.3 Å². The zero-order valence-electron chi connectivity index (χ0n) is 8.66. The van der Waals surface area contributed by atoms with Gasteiger partial charge in [-0.15, -0.1) is 0 Å². The Morgan fingerprint density at radius 3 is 2.73 bits per heavy atom. The first kappa shape index (κ1) is 10.2. The van der Waals surface area contributed by atoms with Gasteiger partial charge in [0.2, 0.25) is 0 Å². The SMILES string of the molecule is Cc1ccc(Br)cc1-c1c(N)cnn1C. The van der Waals surface area contributed by atoms with Gasteiger partial charge in [-0.05, 0) is 24.6 Å². The number of nitrogen functional groups attached to an aromatic ring is 1. The first-order valence-electron chi connectivity index (χ1n) is 4.63. The van der Waals surface area contributed by atoms with Crippen molar-refractivity contribution in [1.29, 1.82) is 0 Å². The number of hydrogen-bond donors (Lipinski definition) is 1. The van der Waals surface area contributed by atoms with Gasteiger partial charge in [-0.1, -0.05) is 22.0 Å². The maximum Gasteiger partial charge on any atom is 0.0911 e. The number of halogens is 1. The van der Waals surface area contributed by atoms with Crippen LogP contribution in [0.2, 0.25) is 0 Å². The predicted octanol–water partition coefficient (Wildman–Crippen LogP) is 2.74. The Kier molecular flexibility index (Phi) is 2.52. The molecule has 0 aliphatic rings. The fourth-order valence-corrected chi connectivity index (χ4v) is 1.99. The fraction of sp³-hybridized carbons (Fsp3) is 0.182. The van der Waals surface area contributed by atoms with Crippen molar-refractivity contribution in [2.24, 2.45) is 7.05 Å². The lowest BCUT2D eigenvalue weighted by Gasteiger charge is -2.08. The van der Waals surface area contributed by atoms with Crippen molar-refractivity contribution in [2.45, 2.75) is 6.92 Å². The van der Waals surface area contributed by atoms with Gasteiger partial charge in [-0.3, -0.25) is 4.68 Å². The number of nitrogens with zero attached hydrogens (tertiary/aromatic N) is 2. The molecule has 0 unspecified atom stereocenters. The minimum atomic E-state index is 0.707. The van der Waals surface area contributed by atoms with E-state index in [4.69, 9.17) is 5.73 Å². The van der Waals surface area contributed by atoms with E-state index >= 15 is 0 Å². The highest BCUT2D eigenvalue weighted by Gasteiger charge is 2.10. The predicted molar refractivity (Wildman–Crippen MR) is 65.5 cm³/mol. The lowest BCUT2D eigenvalue weighted by molar-refractivity contribution is 0.775. The third-order valence-corrected chi connectivity index (χ3v) is 2.92. The molecule has 2 aromatic rings. The minimum Gasteiger partial charge on any atom is -0.396 e. The van der Waals surface area contributed by atoms with Crippen LogP contribution in [0.1, 0.15) is 5.56 Å². The van der Waals surface area contributed by atoms with Crippen molar-refractivity contribution in [1.82, 2.24) is 9.78 Å². The Hall–Kier alpha value is -1.29. The van der Waals surface area contributed by atoms with E-state index in [-0.39, 0.29) is 0 Å². The molecule has 15 heavy (non-hydrogen) atoms. The number of aryl methyl sites for hydroxylation is 2. The molecule has 0 aliphatic carbocycles. The quantitative estimate of drug-likeness (QED) is 0.862. The number of rotatable bonds is 1. The number of nitrogens with two attached hydrogens (primary N) is 1. The molecule has 1 aromatic carbocycles. The van der Waals surface area contributed by atoms with Gasteiger partial charge in [0.15, 0.2) is 0 Å². The molecular weight excluding hydrogens is 254 g/mol. The maximum absolute atomic E-state index is 5.89. The second-order valence-corrected chi connectivity index (χ2v) is 4.45. The molecule has 0 aliphatic heterocycles. The van der Waals surface area contributed by atoms with E-state index < -0.39 is 0 Å². The van der Waals surface area contributed by atoms with Crippen LogP contribution in [0.4, 0.5) is 5.69 Å². The molecule has 0 amide bonds. The summed E-state index contributed by atoms with van der Waals surface area (Å²) < 4.78 is 2.84. The molecule has 78 valence electrons. The van der Waals surface area contributed by atoms with E-state index in [0.717, 1.165) is 15.7 Å². The van der Waals surface area contributed by atoms with Gasteiger partial charge in [-0.2, -0.15) is 5.10 Å². The number of benzene rings is 1. The van der Waals surface area contributed by atoms with Crippen molar-refractivity contribution in [2.75, 3.05) is 5.73 Å². The Bertz CT molecular complexity index is 483. The highest BCUT2D eigenvalue weighted by Crippen LogP contribution is 2.30. The number of aromatic nitrogens is 2. The normalized spacial score (nSPS) is 10.6. The Labute approximate surface area is 97.0 Å². The third kappa shape index (κ3) is 1.77. The topological polar surface area (TPSA) is 43.8 Å². The summed E-state index contributed by atoms with van der Waals surface area (Å²) in [5.41, 5.74) is 9.87. The molecule has 3 nitrogen and oxygen atoms in total. The van der Waals surface area contributed by atoms with E-state index in [1.165, 1.54) is 5.56 Å². The molecule has 0 radical (unpaired) electrons. The molecule has 0 spiro atoms. The van der Waals surface area contributed by atoms with Gasteiger partial charge in [0, 0.05) is 17.1 Å². The highest BCUT2D eigenvalue weighted by atomic mass is 79.9. The van der Waals surface area contributed by atoms with Crippen molar-refractivity contribution in [3.05, 3.63) is 34.4 Å². The Balaban J connectivity index is 2.68. The van der Waals surface area contributed by atoms with E-state index in [0.29, 0.717) is 5.69 Å². The van der Waals surface area contributed by atoms with Crippen LogP contribution in [0.5, 0.6) is 0 Å².